The second-order valence-corrected chi connectivity index (χ2v) is 12.9. The number of hydrogen-bond acceptors (Lipinski definition) is 9. The topological polar surface area (TPSA) is 124 Å². The summed E-state index contributed by atoms with van der Waals surface area (Å²) in [7, 11) is 1.25. The maximum absolute atomic E-state index is 13.1. The summed E-state index contributed by atoms with van der Waals surface area (Å²) in [6.45, 7) is 2.36. The highest BCUT2D eigenvalue weighted by Gasteiger charge is 2.18. The van der Waals surface area contributed by atoms with Crippen LogP contribution in [0.4, 0.5) is 4.39 Å². The normalized spacial score (nSPS) is 11.7. The third kappa shape index (κ3) is 6.96. The molecular formula is C30H30FN5O5S2. The molecule has 1 N–H and O–H groups in total. The number of hydrogen-bond donors (Lipinski definition) is 1. The van der Waals surface area contributed by atoms with E-state index in [1.165, 1.54) is 23.5 Å². The second kappa shape index (κ2) is 12.7. The number of aromatic nitrogens is 3. The number of carbonyl (C=O) groups is 1. The lowest BCUT2D eigenvalue weighted by molar-refractivity contribution is -0.127. The molecule has 10 nitrogen and oxygen atoms in total. The number of amides is 1. The van der Waals surface area contributed by atoms with Crippen LogP contribution < -0.4 is 9.46 Å². The van der Waals surface area contributed by atoms with E-state index in [-0.39, 0.29) is 30.4 Å². The van der Waals surface area contributed by atoms with E-state index in [4.69, 9.17) is 19.4 Å². The molecular weight excluding hydrogens is 593 g/mol. The zero-order chi connectivity index (χ0) is 30.7. The van der Waals surface area contributed by atoms with Crippen LogP contribution in [0.1, 0.15) is 16.8 Å². The Kier molecular flexibility index (Phi) is 8.97. The number of nitrogens with zero attached hydrogens (tertiary/aromatic N) is 4. The molecule has 0 bridgehead atoms. The Morgan fingerprint density at radius 3 is 2.56 bits per heavy atom. The molecule has 2 aromatic heterocycles. The van der Waals surface area contributed by atoms with Crippen molar-refractivity contribution >= 4 is 48.5 Å². The second-order valence-electron chi connectivity index (χ2n) is 10.1. The quantitative estimate of drug-likeness (QED) is 0.214. The predicted octanol–water partition coefficient (Wildman–Crippen LogP) is 4.49. The summed E-state index contributed by atoms with van der Waals surface area (Å²) < 4.78 is 52.5. The van der Waals surface area contributed by atoms with E-state index in [9.17, 15) is 17.6 Å². The van der Waals surface area contributed by atoms with E-state index >= 15 is 0 Å². The molecule has 0 fully saturated rings. The number of benzene rings is 3. The Bertz CT molecular complexity index is 1910. The molecule has 5 rings (SSSR count). The first-order valence-corrected chi connectivity index (χ1v) is 15.6. The van der Waals surface area contributed by atoms with Crippen LogP contribution in [0.15, 0.2) is 59.6 Å². The Morgan fingerprint density at radius 2 is 1.84 bits per heavy atom. The van der Waals surface area contributed by atoms with Crippen LogP contribution in [0.3, 0.4) is 0 Å². The van der Waals surface area contributed by atoms with Gasteiger partial charge in [-0.1, -0.05) is 0 Å². The van der Waals surface area contributed by atoms with E-state index in [0.29, 0.717) is 29.1 Å². The summed E-state index contributed by atoms with van der Waals surface area (Å²) in [5, 5.41) is 0.722. The molecule has 43 heavy (non-hydrogen) atoms. The summed E-state index contributed by atoms with van der Waals surface area (Å²) >= 11 is 1.46. The fourth-order valence-electron chi connectivity index (χ4n) is 4.44. The van der Waals surface area contributed by atoms with Gasteiger partial charge >= 0.3 is 0 Å². The zero-order valence-corrected chi connectivity index (χ0v) is 25.7. The maximum atomic E-state index is 13.1. The molecule has 3 aromatic carbocycles. The highest BCUT2D eigenvalue weighted by atomic mass is 32.2. The standard InChI is InChI=1S/C30H30FN5O5S2/c1-18-11-22(41-10-9-33-43(38,39)23-7-5-20(31)6-8-23)15-26-28(18)35-30(42-26)24-12-19(14-27(37)36(2)3)13-25-29(24)32-16-21(34-25)17-40-4/h5-8,11-13,15-16,33H,9-10,14,17H2,1-4H3. The minimum atomic E-state index is -3.79. The highest BCUT2D eigenvalue weighted by Crippen LogP contribution is 2.37. The van der Waals surface area contributed by atoms with Gasteiger partial charge < -0.3 is 14.4 Å². The van der Waals surface area contributed by atoms with Gasteiger partial charge in [0.05, 0.1) is 51.1 Å². The summed E-state index contributed by atoms with van der Waals surface area (Å²) in [5.41, 5.74) is 5.26. The number of aryl methyl sites for hydroxylation is 1. The van der Waals surface area contributed by atoms with Crippen LogP contribution in [0.2, 0.25) is 0 Å². The Hall–Kier alpha value is -4.04. The van der Waals surface area contributed by atoms with Crippen molar-refractivity contribution in [2.45, 2.75) is 24.8 Å². The summed E-state index contributed by atoms with van der Waals surface area (Å²) in [6, 6.07) is 12.1. The minimum absolute atomic E-state index is 0.0226. The largest absolute Gasteiger partial charge is 0.492 e. The fourth-order valence-corrected chi connectivity index (χ4v) is 6.54. The fraction of sp³-hybridized carbons (Fsp3) is 0.267. The number of ether oxygens (including phenoxy) is 2. The van der Waals surface area contributed by atoms with Gasteiger partial charge in [0.15, 0.2) is 0 Å². The molecule has 0 saturated heterocycles. The van der Waals surface area contributed by atoms with Crippen molar-refractivity contribution in [3.05, 3.63) is 77.4 Å². The number of fused-ring (bicyclic) bond motifs is 2. The first-order valence-electron chi connectivity index (χ1n) is 13.3. The SMILES string of the molecule is COCc1cnc2c(-c3nc4c(C)cc(OCCNS(=O)(=O)c5ccc(F)cc5)cc4s3)cc(CC(=O)N(C)C)cc2n1. The highest BCUT2D eigenvalue weighted by molar-refractivity contribution is 7.89. The number of nitrogens with one attached hydrogen (secondary N) is 1. The average Bonchev–Trinajstić information content (AvgIpc) is 3.40. The lowest BCUT2D eigenvalue weighted by atomic mass is 10.0. The third-order valence-electron chi connectivity index (χ3n) is 6.58. The molecule has 0 saturated carbocycles. The lowest BCUT2D eigenvalue weighted by Gasteiger charge is -2.12. The van der Waals surface area contributed by atoms with E-state index < -0.39 is 15.8 Å². The van der Waals surface area contributed by atoms with Crippen molar-refractivity contribution in [1.82, 2.24) is 24.6 Å². The first-order chi connectivity index (χ1) is 20.5. The number of likely N-dealkylation sites (N-methyl/N-ethyl adjacent to an activating group) is 1. The molecule has 0 radical (unpaired) electrons. The number of halogens is 1. The van der Waals surface area contributed by atoms with Gasteiger partial charge in [0.25, 0.3) is 0 Å². The van der Waals surface area contributed by atoms with Crippen LogP contribution in [0, 0.1) is 12.7 Å². The summed E-state index contributed by atoms with van der Waals surface area (Å²) in [4.78, 5) is 28.3. The molecule has 0 aliphatic carbocycles. The van der Waals surface area contributed by atoms with E-state index in [0.717, 1.165) is 44.0 Å². The number of rotatable bonds is 11. The van der Waals surface area contributed by atoms with Gasteiger partial charge in [-0.05, 0) is 66.6 Å². The molecule has 0 aliphatic heterocycles. The Labute approximate surface area is 252 Å². The average molecular weight is 624 g/mol. The molecule has 0 atom stereocenters. The van der Waals surface area contributed by atoms with Crippen molar-refractivity contribution in [3.8, 4) is 16.3 Å². The van der Waals surface area contributed by atoms with Gasteiger partial charge in [-0.15, -0.1) is 11.3 Å². The van der Waals surface area contributed by atoms with Gasteiger partial charge in [-0.2, -0.15) is 0 Å². The lowest BCUT2D eigenvalue weighted by Crippen LogP contribution is -2.28. The monoisotopic (exact) mass is 623 g/mol. The van der Waals surface area contributed by atoms with Gasteiger partial charge in [-0.25, -0.2) is 27.5 Å². The number of methoxy groups -OCH3 is 1. The summed E-state index contributed by atoms with van der Waals surface area (Å²) in [6.07, 6.45) is 1.88. The predicted molar refractivity (Wildman–Crippen MR) is 163 cm³/mol. The zero-order valence-electron chi connectivity index (χ0n) is 24.0. The molecule has 5 aromatic rings. The van der Waals surface area contributed by atoms with Crippen LogP contribution in [-0.4, -0.2) is 68.5 Å². The molecule has 0 unspecified atom stereocenters. The van der Waals surface area contributed by atoms with E-state index in [1.807, 2.05) is 31.2 Å². The van der Waals surface area contributed by atoms with Crippen LogP contribution in [0.5, 0.6) is 5.75 Å². The Balaban J connectivity index is 1.40. The van der Waals surface area contributed by atoms with Crippen molar-refractivity contribution in [2.24, 2.45) is 0 Å². The van der Waals surface area contributed by atoms with Gasteiger partial charge in [0.2, 0.25) is 15.9 Å². The van der Waals surface area contributed by atoms with Crippen molar-refractivity contribution in [2.75, 3.05) is 34.4 Å². The van der Waals surface area contributed by atoms with E-state index in [1.54, 1.807) is 32.3 Å². The van der Waals surface area contributed by atoms with Gasteiger partial charge in [0.1, 0.15) is 23.2 Å². The number of carbonyl (C=O) groups excluding carboxylic acids is 1. The van der Waals surface area contributed by atoms with Crippen molar-refractivity contribution in [1.29, 1.82) is 0 Å². The van der Waals surface area contributed by atoms with Gasteiger partial charge in [-0.3, -0.25) is 9.78 Å². The minimum Gasteiger partial charge on any atom is -0.492 e. The van der Waals surface area contributed by atoms with Crippen molar-refractivity contribution < 1.29 is 27.1 Å². The van der Waals surface area contributed by atoms with Crippen LogP contribution in [-0.2, 0) is 32.6 Å². The first kappa shape index (κ1) is 30.4. The maximum Gasteiger partial charge on any atom is 0.240 e. The molecule has 1 amide bonds. The third-order valence-corrected chi connectivity index (χ3v) is 9.09. The van der Waals surface area contributed by atoms with Gasteiger partial charge in [0, 0.05) is 33.3 Å². The molecule has 0 spiro atoms. The Morgan fingerprint density at radius 1 is 1.07 bits per heavy atom. The molecule has 2 heterocycles. The van der Waals surface area contributed by atoms with Crippen molar-refractivity contribution in [3.63, 3.8) is 0 Å². The number of thiazole rings is 1. The van der Waals surface area contributed by atoms with E-state index in [2.05, 4.69) is 9.71 Å². The molecule has 13 heteroatoms. The number of sulfonamides is 1. The molecule has 224 valence electrons. The molecule has 0 aliphatic rings. The smallest absolute Gasteiger partial charge is 0.240 e. The van der Waals surface area contributed by atoms with Crippen LogP contribution in [0.25, 0.3) is 31.8 Å². The summed E-state index contributed by atoms with van der Waals surface area (Å²) in [5.74, 6) is 0.0253. The van der Waals surface area contributed by atoms with Crippen LogP contribution >= 0.6 is 11.3 Å².